The molecule has 0 aliphatic carbocycles. The molecule has 1 amide bonds. The Labute approximate surface area is 99.3 Å². The lowest BCUT2D eigenvalue weighted by molar-refractivity contribution is -0.422. The summed E-state index contributed by atoms with van der Waals surface area (Å²) in [6.07, 6.45) is 1.51. The van der Waals surface area contributed by atoms with Crippen LogP contribution in [0.25, 0.3) is 6.08 Å². The Morgan fingerprint density at radius 3 is 2.53 bits per heavy atom. The molecule has 1 N–H and O–H groups in total. The quantitative estimate of drug-likeness (QED) is 0.645. The third-order valence-corrected chi connectivity index (χ3v) is 2.24. The van der Waals surface area contributed by atoms with Crippen molar-refractivity contribution < 1.29 is 9.72 Å². The predicted molar refractivity (Wildman–Crippen MR) is 66.1 cm³/mol. The zero-order valence-electron chi connectivity index (χ0n) is 9.98. The summed E-state index contributed by atoms with van der Waals surface area (Å²) in [5.74, 6) is -0.144. The topological polar surface area (TPSA) is 72.2 Å². The number of allylic oxidation sites excluding steroid dienone is 1. The van der Waals surface area contributed by atoms with Gasteiger partial charge in [-0.2, -0.15) is 0 Å². The molecule has 0 radical (unpaired) electrons. The van der Waals surface area contributed by atoms with Crippen LogP contribution in [-0.2, 0) is 4.79 Å². The summed E-state index contributed by atoms with van der Waals surface area (Å²) in [4.78, 5) is 20.9. The van der Waals surface area contributed by atoms with Gasteiger partial charge in [-0.3, -0.25) is 14.9 Å². The van der Waals surface area contributed by atoms with Crippen molar-refractivity contribution in [2.45, 2.75) is 20.8 Å². The highest BCUT2D eigenvalue weighted by molar-refractivity contribution is 5.88. The minimum atomic E-state index is -0.429. The molecule has 5 heteroatoms. The van der Waals surface area contributed by atoms with Crippen molar-refractivity contribution in [3.05, 3.63) is 45.1 Å². The summed E-state index contributed by atoms with van der Waals surface area (Å²) in [7, 11) is 0. The molecule has 0 unspecified atom stereocenters. The van der Waals surface area contributed by atoms with Crippen LogP contribution < -0.4 is 5.32 Å². The number of hydrogen-bond donors (Lipinski definition) is 1. The molecular formula is C12H14N2O3. The first-order chi connectivity index (χ1) is 7.90. The minimum absolute atomic E-state index is 0.0837. The maximum atomic E-state index is 10.9. The number of nitro groups is 1. The summed E-state index contributed by atoms with van der Waals surface area (Å²) in [5, 5.41) is 13.2. The molecule has 0 saturated heterocycles. The molecule has 1 rings (SSSR count). The highest BCUT2D eigenvalue weighted by Gasteiger charge is 2.05. The second kappa shape index (κ2) is 5.25. The fraction of sp³-hybridized carbons (Fsp3) is 0.250. The van der Waals surface area contributed by atoms with Gasteiger partial charge in [0.1, 0.15) is 0 Å². The zero-order chi connectivity index (χ0) is 13.0. The van der Waals surface area contributed by atoms with E-state index in [2.05, 4.69) is 5.32 Å². The first-order valence-corrected chi connectivity index (χ1v) is 5.11. The third-order valence-electron chi connectivity index (χ3n) is 2.24. The average Bonchev–Trinajstić information content (AvgIpc) is 2.20. The van der Waals surface area contributed by atoms with Crippen LogP contribution in [-0.4, -0.2) is 10.8 Å². The van der Waals surface area contributed by atoms with E-state index in [1.54, 1.807) is 18.2 Å². The number of rotatable bonds is 3. The minimum Gasteiger partial charge on any atom is -0.326 e. The molecule has 0 spiro atoms. The van der Waals surface area contributed by atoms with Gasteiger partial charge in [0.25, 0.3) is 0 Å². The second-order valence-corrected chi connectivity index (χ2v) is 3.80. The highest BCUT2D eigenvalue weighted by Crippen LogP contribution is 2.18. The van der Waals surface area contributed by atoms with Crippen molar-refractivity contribution >= 4 is 17.7 Å². The largest absolute Gasteiger partial charge is 0.326 e. The zero-order valence-corrected chi connectivity index (χ0v) is 9.98. The fourth-order valence-corrected chi connectivity index (χ4v) is 1.40. The standard InChI is InChI=1S/C12H14N2O3/c1-8-6-12(13-10(3)15)5-4-11(8)7-9(2)14(16)17/h4-7H,1-3H3,(H,13,15). The van der Waals surface area contributed by atoms with E-state index in [0.717, 1.165) is 11.1 Å². The van der Waals surface area contributed by atoms with Crippen LogP contribution in [0, 0.1) is 17.0 Å². The van der Waals surface area contributed by atoms with E-state index in [0.29, 0.717) is 5.69 Å². The van der Waals surface area contributed by atoms with Crippen LogP contribution in [0.5, 0.6) is 0 Å². The number of anilines is 1. The Hall–Kier alpha value is -2.17. The van der Waals surface area contributed by atoms with Gasteiger partial charge in [-0.25, -0.2) is 0 Å². The van der Waals surface area contributed by atoms with Crippen molar-refractivity contribution in [1.82, 2.24) is 0 Å². The lowest BCUT2D eigenvalue weighted by Crippen LogP contribution is -2.05. The summed E-state index contributed by atoms with van der Waals surface area (Å²) < 4.78 is 0. The van der Waals surface area contributed by atoms with E-state index in [1.807, 2.05) is 6.92 Å². The van der Waals surface area contributed by atoms with Gasteiger partial charge in [0, 0.05) is 25.6 Å². The lowest BCUT2D eigenvalue weighted by Gasteiger charge is -2.05. The molecule has 17 heavy (non-hydrogen) atoms. The van der Waals surface area contributed by atoms with Gasteiger partial charge >= 0.3 is 0 Å². The molecule has 1 aromatic rings. The van der Waals surface area contributed by atoms with E-state index in [9.17, 15) is 14.9 Å². The van der Waals surface area contributed by atoms with E-state index in [4.69, 9.17) is 0 Å². The summed E-state index contributed by atoms with van der Waals surface area (Å²) >= 11 is 0. The number of carbonyl (C=O) groups is 1. The van der Waals surface area contributed by atoms with E-state index < -0.39 is 4.92 Å². The maximum absolute atomic E-state index is 10.9. The Morgan fingerprint density at radius 2 is 2.06 bits per heavy atom. The molecule has 90 valence electrons. The molecule has 0 aromatic heterocycles. The van der Waals surface area contributed by atoms with Crippen molar-refractivity contribution in [2.75, 3.05) is 5.32 Å². The number of amides is 1. The number of nitrogens with one attached hydrogen (secondary N) is 1. The maximum Gasteiger partial charge on any atom is 0.243 e. The van der Waals surface area contributed by atoms with Gasteiger partial charge in [-0.05, 0) is 30.2 Å². The van der Waals surface area contributed by atoms with Crippen molar-refractivity contribution in [2.24, 2.45) is 0 Å². The molecule has 0 fully saturated rings. The first-order valence-electron chi connectivity index (χ1n) is 5.11. The highest BCUT2D eigenvalue weighted by atomic mass is 16.6. The number of hydrogen-bond acceptors (Lipinski definition) is 3. The molecular weight excluding hydrogens is 220 g/mol. The Bertz CT molecular complexity index is 493. The van der Waals surface area contributed by atoms with Crippen LogP contribution in [0.1, 0.15) is 25.0 Å². The number of aryl methyl sites for hydroxylation is 1. The van der Waals surface area contributed by atoms with Gasteiger partial charge in [0.15, 0.2) is 0 Å². The monoisotopic (exact) mass is 234 g/mol. The summed E-state index contributed by atoms with van der Waals surface area (Å²) in [6, 6.07) is 5.24. The molecule has 0 saturated carbocycles. The van der Waals surface area contributed by atoms with E-state index >= 15 is 0 Å². The number of benzene rings is 1. The normalized spacial score (nSPS) is 11.1. The lowest BCUT2D eigenvalue weighted by atomic mass is 10.1. The van der Waals surface area contributed by atoms with Crippen molar-refractivity contribution in [1.29, 1.82) is 0 Å². The van der Waals surface area contributed by atoms with E-state index in [-0.39, 0.29) is 11.6 Å². The molecule has 0 atom stereocenters. The van der Waals surface area contributed by atoms with Crippen LogP contribution in [0.15, 0.2) is 23.9 Å². The van der Waals surface area contributed by atoms with Gasteiger partial charge in [-0.1, -0.05) is 6.07 Å². The second-order valence-electron chi connectivity index (χ2n) is 3.80. The Morgan fingerprint density at radius 1 is 1.41 bits per heavy atom. The van der Waals surface area contributed by atoms with E-state index in [1.165, 1.54) is 19.9 Å². The molecule has 0 heterocycles. The third kappa shape index (κ3) is 3.71. The van der Waals surface area contributed by atoms with Gasteiger partial charge in [0.2, 0.25) is 11.6 Å². The molecule has 1 aromatic carbocycles. The Kier molecular flexibility index (Phi) is 3.98. The number of nitrogens with zero attached hydrogens (tertiary/aromatic N) is 1. The summed E-state index contributed by atoms with van der Waals surface area (Å²) in [6.45, 7) is 4.71. The fourth-order valence-electron chi connectivity index (χ4n) is 1.40. The van der Waals surface area contributed by atoms with Crippen LogP contribution >= 0.6 is 0 Å². The Balaban J connectivity index is 3.02. The van der Waals surface area contributed by atoms with Crippen LogP contribution in [0.3, 0.4) is 0 Å². The SMILES string of the molecule is CC(=O)Nc1ccc(C=C(C)[N+](=O)[O-])c(C)c1. The van der Waals surface area contributed by atoms with Gasteiger partial charge < -0.3 is 5.32 Å². The molecule has 5 nitrogen and oxygen atoms in total. The summed E-state index contributed by atoms with van der Waals surface area (Å²) in [5.41, 5.74) is 2.41. The van der Waals surface area contributed by atoms with Crippen molar-refractivity contribution in [3.63, 3.8) is 0 Å². The molecule has 0 aliphatic heterocycles. The smallest absolute Gasteiger partial charge is 0.243 e. The first kappa shape index (κ1) is 12.9. The van der Waals surface area contributed by atoms with Crippen LogP contribution in [0.4, 0.5) is 5.69 Å². The number of carbonyl (C=O) groups excluding carboxylic acids is 1. The predicted octanol–water partition coefficient (Wildman–Crippen LogP) is 2.59. The molecule has 0 aliphatic rings. The van der Waals surface area contributed by atoms with Gasteiger partial charge in [-0.15, -0.1) is 0 Å². The average molecular weight is 234 g/mol. The van der Waals surface area contributed by atoms with Crippen LogP contribution in [0.2, 0.25) is 0 Å². The van der Waals surface area contributed by atoms with Gasteiger partial charge in [0.05, 0.1) is 4.92 Å². The molecule has 0 bridgehead atoms. The van der Waals surface area contributed by atoms with Crippen molar-refractivity contribution in [3.8, 4) is 0 Å².